The summed E-state index contributed by atoms with van der Waals surface area (Å²) in [5, 5.41) is 20.6. The van der Waals surface area contributed by atoms with Crippen LogP contribution in [0, 0.1) is 17.0 Å². The van der Waals surface area contributed by atoms with E-state index in [1.54, 1.807) is 6.07 Å². The molecule has 6 nitrogen and oxygen atoms in total. The molecular formula is C15H23N3O3. The molecule has 1 aliphatic rings. The van der Waals surface area contributed by atoms with E-state index >= 15 is 0 Å². The average molecular weight is 293 g/mol. The fourth-order valence-corrected chi connectivity index (χ4v) is 2.88. The van der Waals surface area contributed by atoms with Crippen LogP contribution in [-0.4, -0.2) is 53.8 Å². The van der Waals surface area contributed by atoms with Crippen molar-refractivity contribution in [2.75, 3.05) is 37.7 Å². The maximum atomic E-state index is 11.2. The van der Waals surface area contributed by atoms with Gasteiger partial charge in [-0.3, -0.25) is 15.0 Å². The minimum absolute atomic E-state index is 0.168. The van der Waals surface area contributed by atoms with Gasteiger partial charge >= 0.3 is 0 Å². The average Bonchev–Trinajstić information content (AvgIpc) is 2.49. The van der Waals surface area contributed by atoms with Gasteiger partial charge in [-0.15, -0.1) is 0 Å². The molecule has 6 heteroatoms. The largest absolute Gasteiger partial charge is 0.395 e. The number of piperazine rings is 1. The van der Waals surface area contributed by atoms with Gasteiger partial charge in [0.05, 0.1) is 11.5 Å². The minimum atomic E-state index is -0.308. The molecule has 0 aliphatic carbocycles. The number of aliphatic hydroxyl groups excluding tert-OH is 1. The second kappa shape index (κ2) is 6.87. The Morgan fingerprint density at radius 3 is 2.52 bits per heavy atom. The number of hydrogen-bond donors (Lipinski definition) is 1. The van der Waals surface area contributed by atoms with Crippen molar-refractivity contribution in [3.63, 3.8) is 0 Å². The summed E-state index contributed by atoms with van der Waals surface area (Å²) in [6.07, 6.45) is 0.918. The van der Waals surface area contributed by atoms with E-state index in [9.17, 15) is 15.2 Å². The van der Waals surface area contributed by atoms with Gasteiger partial charge in [-0.25, -0.2) is 0 Å². The van der Waals surface area contributed by atoms with E-state index in [0.717, 1.165) is 38.2 Å². The van der Waals surface area contributed by atoms with Crippen LogP contribution in [0.1, 0.15) is 18.9 Å². The van der Waals surface area contributed by atoms with E-state index in [1.165, 1.54) is 0 Å². The van der Waals surface area contributed by atoms with Crippen LogP contribution in [0.25, 0.3) is 0 Å². The highest BCUT2D eigenvalue weighted by Crippen LogP contribution is 2.30. The van der Waals surface area contributed by atoms with Crippen molar-refractivity contribution < 1.29 is 10.0 Å². The Bertz CT molecular complexity index is 495. The number of nitro benzene ring substituents is 1. The standard InChI is InChI=1S/C15H23N3O3/c1-3-13(11-19)16-6-8-17(9-7-16)14-5-4-12(2)10-15(14)18(20)21/h4-5,10,13,19H,3,6-9,11H2,1-2H3. The van der Waals surface area contributed by atoms with Crippen LogP contribution in [0.2, 0.25) is 0 Å². The molecule has 1 fully saturated rings. The molecular weight excluding hydrogens is 270 g/mol. The van der Waals surface area contributed by atoms with Crippen LogP contribution in [-0.2, 0) is 0 Å². The maximum absolute atomic E-state index is 11.2. The smallest absolute Gasteiger partial charge is 0.292 e. The van der Waals surface area contributed by atoms with Gasteiger partial charge in [0.2, 0.25) is 0 Å². The van der Waals surface area contributed by atoms with E-state index in [0.29, 0.717) is 5.69 Å². The quantitative estimate of drug-likeness (QED) is 0.662. The van der Waals surface area contributed by atoms with Gasteiger partial charge in [0.25, 0.3) is 5.69 Å². The van der Waals surface area contributed by atoms with Crippen molar-refractivity contribution in [3.05, 3.63) is 33.9 Å². The summed E-state index contributed by atoms with van der Waals surface area (Å²) < 4.78 is 0. The third-order valence-electron chi connectivity index (χ3n) is 4.18. The first-order valence-electron chi connectivity index (χ1n) is 7.41. The molecule has 1 unspecified atom stereocenters. The summed E-state index contributed by atoms with van der Waals surface area (Å²) in [5.74, 6) is 0. The summed E-state index contributed by atoms with van der Waals surface area (Å²) in [5.41, 5.74) is 1.77. The zero-order chi connectivity index (χ0) is 15.4. The first-order chi connectivity index (χ1) is 10.1. The van der Waals surface area contributed by atoms with Gasteiger partial charge in [0.15, 0.2) is 0 Å². The van der Waals surface area contributed by atoms with Crippen LogP contribution in [0.3, 0.4) is 0 Å². The minimum Gasteiger partial charge on any atom is -0.395 e. The highest BCUT2D eigenvalue weighted by molar-refractivity contribution is 5.64. The molecule has 0 aromatic heterocycles. The number of rotatable bonds is 5. The fraction of sp³-hybridized carbons (Fsp3) is 0.600. The third kappa shape index (κ3) is 3.51. The lowest BCUT2D eigenvalue weighted by Gasteiger charge is -2.39. The Hall–Kier alpha value is -1.66. The van der Waals surface area contributed by atoms with Crippen LogP contribution < -0.4 is 4.90 Å². The van der Waals surface area contributed by atoms with Crippen LogP contribution in [0.5, 0.6) is 0 Å². The Labute approximate surface area is 125 Å². The van der Waals surface area contributed by atoms with Crippen molar-refractivity contribution in [1.82, 2.24) is 4.90 Å². The summed E-state index contributed by atoms with van der Waals surface area (Å²) in [6, 6.07) is 5.58. The molecule has 0 amide bonds. The lowest BCUT2D eigenvalue weighted by atomic mass is 10.1. The number of benzene rings is 1. The summed E-state index contributed by atoms with van der Waals surface area (Å²) in [6.45, 7) is 7.25. The molecule has 1 heterocycles. The van der Waals surface area contributed by atoms with Gasteiger partial charge in [0.1, 0.15) is 5.69 Å². The second-order valence-electron chi connectivity index (χ2n) is 5.52. The third-order valence-corrected chi connectivity index (χ3v) is 4.18. The van der Waals surface area contributed by atoms with Crippen LogP contribution >= 0.6 is 0 Å². The lowest BCUT2D eigenvalue weighted by molar-refractivity contribution is -0.384. The normalized spacial score (nSPS) is 17.8. The van der Waals surface area contributed by atoms with Crippen molar-refractivity contribution >= 4 is 11.4 Å². The molecule has 0 bridgehead atoms. The molecule has 1 atom stereocenters. The Kier molecular flexibility index (Phi) is 5.14. The zero-order valence-electron chi connectivity index (χ0n) is 12.7. The fourth-order valence-electron chi connectivity index (χ4n) is 2.88. The number of hydrogen-bond acceptors (Lipinski definition) is 5. The summed E-state index contributed by atoms with van der Waals surface area (Å²) in [4.78, 5) is 15.2. The highest BCUT2D eigenvalue weighted by Gasteiger charge is 2.26. The van der Waals surface area contributed by atoms with E-state index in [-0.39, 0.29) is 23.3 Å². The molecule has 1 N–H and O–H groups in total. The molecule has 1 saturated heterocycles. The van der Waals surface area contributed by atoms with Gasteiger partial charge < -0.3 is 10.0 Å². The first kappa shape index (κ1) is 15.7. The number of aliphatic hydroxyl groups is 1. The summed E-state index contributed by atoms with van der Waals surface area (Å²) in [7, 11) is 0. The van der Waals surface area contributed by atoms with E-state index in [1.807, 2.05) is 19.1 Å². The van der Waals surface area contributed by atoms with E-state index in [4.69, 9.17) is 0 Å². The molecule has 0 saturated carbocycles. The molecule has 2 rings (SSSR count). The topological polar surface area (TPSA) is 69.8 Å². The Balaban J connectivity index is 2.10. The van der Waals surface area contributed by atoms with Crippen molar-refractivity contribution in [1.29, 1.82) is 0 Å². The predicted octanol–water partition coefficient (Wildman–Crippen LogP) is 1.80. The molecule has 0 spiro atoms. The highest BCUT2D eigenvalue weighted by atomic mass is 16.6. The number of nitrogens with zero attached hydrogens (tertiary/aromatic N) is 3. The molecule has 1 aromatic carbocycles. The van der Waals surface area contributed by atoms with E-state index < -0.39 is 0 Å². The Morgan fingerprint density at radius 1 is 1.33 bits per heavy atom. The second-order valence-corrected chi connectivity index (χ2v) is 5.52. The molecule has 116 valence electrons. The Morgan fingerprint density at radius 2 is 2.00 bits per heavy atom. The first-order valence-corrected chi connectivity index (χ1v) is 7.41. The number of nitro groups is 1. The monoisotopic (exact) mass is 293 g/mol. The zero-order valence-corrected chi connectivity index (χ0v) is 12.7. The van der Waals surface area contributed by atoms with Gasteiger partial charge in [-0.2, -0.15) is 0 Å². The number of aryl methyl sites for hydroxylation is 1. The van der Waals surface area contributed by atoms with Crippen LogP contribution in [0.15, 0.2) is 18.2 Å². The van der Waals surface area contributed by atoms with Crippen LogP contribution in [0.4, 0.5) is 11.4 Å². The maximum Gasteiger partial charge on any atom is 0.292 e. The molecule has 1 aromatic rings. The van der Waals surface area contributed by atoms with Gasteiger partial charge in [-0.1, -0.05) is 13.0 Å². The molecule has 1 aliphatic heterocycles. The van der Waals surface area contributed by atoms with E-state index in [2.05, 4.69) is 16.7 Å². The van der Waals surface area contributed by atoms with Gasteiger partial charge in [0, 0.05) is 38.3 Å². The predicted molar refractivity (Wildman–Crippen MR) is 82.8 cm³/mol. The summed E-state index contributed by atoms with van der Waals surface area (Å²) >= 11 is 0. The lowest BCUT2D eigenvalue weighted by Crippen LogP contribution is -2.51. The number of anilines is 1. The van der Waals surface area contributed by atoms with Crippen molar-refractivity contribution in [2.24, 2.45) is 0 Å². The molecule has 21 heavy (non-hydrogen) atoms. The van der Waals surface area contributed by atoms with Crippen molar-refractivity contribution in [3.8, 4) is 0 Å². The van der Waals surface area contributed by atoms with Crippen molar-refractivity contribution in [2.45, 2.75) is 26.3 Å². The SMILES string of the molecule is CCC(CO)N1CCN(c2ccc(C)cc2[N+](=O)[O-])CC1. The molecule has 0 radical (unpaired) electrons. The van der Waals surface area contributed by atoms with Gasteiger partial charge in [-0.05, 0) is 25.0 Å².